The van der Waals surface area contributed by atoms with Gasteiger partial charge in [0.25, 0.3) is 0 Å². The molecule has 1 saturated heterocycles. The van der Waals surface area contributed by atoms with Crippen molar-refractivity contribution in [1.29, 1.82) is 0 Å². The molecule has 2 atom stereocenters. The van der Waals surface area contributed by atoms with Gasteiger partial charge in [-0.2, -0.15) is 0 Å². The quantitative estimate of drug-likeness (QED) is 0.842. The summed E-state index contributed by atoms with van der Waals surface area (Å²) >= 11 is 0. The minimum Gasteiger partial charge on any atom is -0.493 e. The lowest BCUT2D eigenvalue weighted by Crippen LogP contribution is -2.46. The number of hydrogen-bond acceptors (Lipinski definition) is 4. The number of urea groups is 1. The molecule has 7 heteroatoms. The van der Waals surface area contributed by atoms with Crippen molar-refractivity contribution < 1.29 is 19.1 Å². The summed E-state index contributed by atoms with van der Waals surface area (Å²) in [6.07, 6.45) is 0.329. The van der Waals surface area contributed by atoms with Crippen molar-refractivity contribution in [2.75, 3.05) is 20.8 Å². The fourth-order valence-corrected chi connectivity index (χ4v) is 3.08. The molecule has 3 amide bonds. The maximum Gasteiger partial charge on any atom is 0.315 e. The van der Waals surface area contributed by atoms with Crippen molar-refractivity contribution in [3.05, 3.63) is 23.8 Å². The van der Waals surface area contributed by atoms with Gasteiger partial charge in [-0.3, -0.25) is 4.79 Å². The Bertz CT molecular complexity index is 669. The van der Waals surface area contributed by atoms with E-state index in [0.717, 1.165) is 5.56 Å². The summed E-state index contributed by atoms with van der Waals surface area (Å²) in [7, 11) is 3.15. The molecule has 7 nitrogen and oxygen atoms in total. The molecule has 2 unspecified atom stereocenters. The fourth-order valence-electron chi connectivity index (χ4n) is 3.08. The van der Waals surface area contributed by atoms with Crippen LogP contribution in [-0.2, 0) is 4.79 Å². The third-order valence-corrected chi connectivity index (χ3v) is 4.53. The maximum atomic E-state index is 12.3. The predicted molar refractivity (Wildman–Crippen MR) is 99.5 cm³/mol. The third kappa shape index (κ3) is 4.59. The number of amides is 3. The zero-order valence-corrected chi connectivity index (χ0v) is 16.4. The highest BCUT2D eigenvalue weighted by Gasteiger charge is 2.36. The van der Waals surface area contributed by atoms with Crippen LogP contribution < -0.4 is 20.1 Å². The van der Waals surface area contributed by atoms with Gasteiger partial charge in [0.15, 0.2) is 11.5 Å². The Kier molecular flexibility index (Phi) is 6.00. The average Bonchev–Trinajstić information content (AvgIpc) is 2.94. The first-order chi connectivity index (χ1) is 12.2. The highest BCUT2D eigenvalue weighted by molar-refractivity contribution is 5.82. The molecule has 0 bridgehead atoms. The summed E-state index contributed by atoms with van der Waals surface area (Å²) in [6, 6.07) is 4.84. The van der Waals surface area contributed by atoms with Crippen LogP contribution in [0.2, 0.25) is 0 Å². The van der Waals surface area contributed by atoms with E-state index < -0.39 is 0 Å². The van der Waals surface area contributed by atoms with Crippen molar-refractivity contribution in [2.45, 2.75) is 51.7 Å². The van der Waals surface area contributed by atoms with Crippen LogP contribution >= 0.6 is 0 Å². The molecule has 1 heterocycles. The molecule has 1 aromatic carbocycles. The summed E-state index contributed by atoms with van der Waals surface area (Å²) in [5, 5.41) is 5.80. The number of methoxy groups -OCH3 is 2. The van der Waals surface area contributed by atoms with Gasteiger partial charge in [-0.25, -0.2) is 4.79 Å². The molecular weight excluding hydrogens is 334 g/mol. The number of benzene rings is 1. The summed E-state index contributed by atoms with van der Waals surface area (Å²) in [4.78, 5) is 26.2. The minimum absolute atomic E-state index is 0.0655. The minimum atomic E-state index is -0.291. The van der Waals surface area contributed by atoms with Gasteiger partial charge in [0.2, 0.25) is 5.91 Å². The van der Waals surface area contributed by atoms with E-state index in [9.17, 15) is 9.59 Å². The molecule has 0 saturated carbocycles. The van der Waals surface area contributed by atoms with E-state index >= 15 is 0 Å². The first kappa shape index (κ1) is 19.9. The molecule has 26 heavy (non-hydrogen) atoms. The summed E-state index contributed by atoms with van der Waals surface area (Å²) in [5.74, 6) is 1.32. The molecular formula is C19H29N3O4. The number of rotatable bonds is 5. The van der Waals surface area contributed by atoms with Gasteiger partial charge in [-0.15, -0.1) is 0 Å². The van der Waals surface area contributed by atoms with Crippen LogP contribution in [0.15, 0.2) is 18.2 Å². The SMILES string of the molecule is COc1ccc(C(C)NC(=O)NC2CC(=O)N(C(C)(C)C)C2)cc1OC. The lowest BCUT2D eigenvalue weighted by Gasteiger charge is -2.32. The van der Waals surface area contributed by atoms with Crippen LogP contribution in [0.25, 0.3) is 0 Å². The van der Waals surface area contributed by atoms with Gasteiger partial charge in [-0.05, 0) is 45.4 Å². The van der Waals surface area contributed by atoms with Crippen molar-refractivity contribution in [3.8, 4) is 11.5 Å². The molecule has 2 N–H and O–H groups in total. The van der Waals surface area contributed by atoms with Gasteiger partial charge in [0, 0.05) is 18.5 Å². The number of nitrogens with zero attached hydrogens (tertiary/aromatic N) is 1. The number of nitrogens with one attached hydrogen (secondary N) is 2. The van der Waals surface area contributed by atoms with Gasteiger partial charge in [-0.1, -0.05) is 6.07 Å². The Balaban J connectivity index is 1.95. The number of likely N-dealkylation sites (tertiary alicyclic amines) is 1. The van der Waals surface area contributed by atoms with E-state index in [4.69, 9.17) is 9.47 Å². The maximum absolute atomic E-state index is 12.3. The highest BCUT2D eigenvalue weighted by atomic mass is 16.5. The zero-order valence-electron chi connectivity index (χ0n) is 16.4. The highest BCUT2D eigenvalue weighted by Crippen LogP contribution is 2.30. The molecule has 0 radical (unpaired) electrons. The van der Waals surface area contributed by atoms with E-state index in [1.807, 2.05) is 39.8 Å². The normalized spacial score (nSPS) is 18.5. The largest absolute Gasteiger partial charge is 0.493 e. The van der Waals surface area contributed by atoms with Crippen LogP contribution in [0.5, 0.6) is 11.5 Å². The Morgan fingerprint density at radius 1 is 1.23 bits per heavy atom. The van der Waals surface area contributed by atoms with Crippen molar-refractivity contribution in [1.82, 2.24) is 15.5 Å². The predicted octanol–water partition coefficient (Wildman–Crippen LogP) is 2.46. The van der Waals surface area contributed by atoms with Crippen molar-refractivity contribution in [2.24, 2.45) is 0 Å². The summed E-state index contributed by atoms with van der Waals surface area (Å²) < 4.78 is 10.5. The molecule has 1 aliphatic heterocycles. The molecule has 1 aliphatic rings. The molecule has 1 fully saturated rings. The Morgan fingerprint density at radius 2 is 1.88 bits per heavy atom. The second-order valence-corrected chi connectivity index (χ2v) is 7.53. The topological polar surface area (TPSA) is 79.9 Å². The van der Waals surface area contributed by atoms with Crippen molar-refractivity contribution in [3.63, 3.8) is 0 Å². The van der Waals surface area contributed by atoms with Crippen LogP contribution in [0, 0.1) is 0 Å². The number of ether oxygens (including phenoxy) is 2. The Hall–Kier alpha value is -2.44. The van der Waals surface area contributed by atoms with Gasteiger partial charge in [0.1, 0.15) is 0 Å². The summed E-state index contributed by atoms with van der Waals surface area (Å²) in [5.41, 5.74) is 0.660. The molecule has 0 spiro atoms. The molecule has 2 rings (SSSR count). The number of carbonyl (C=O) groups is 2. The van der Waals surface area contributed by atoms with Crippen LogP contribution in [-0.4, -0.2) is 49.2 Å². The van der Waals surface area contributed by atoms with Crippen molar-refractivity contribution >= 4 is 11.9 Å². The lowest BCUT2D eigenvalue weighted by molar-refractivity contribution is -0.131. The van der Waals surface area contributed by atoms with Gasteiger partial charge >= 0.3 is 6.03 Å². The van der Waals surface area contributed by atoms with E-state index in [1.54, 1.807) is 25.2 Å². The van der Waals surface area contributed by atoms with E-state index in [1.165, 1.54) is 0 Å². The van der Waals surface area contributed by atoms with E-state index in [2.05, 4.69) is 10.6 Å². The molecule has 1 aromatic rings. The molecule has 0 aromatic heterocycles. The van der Waals surface area contributed by atoms with Gasteiger partial charge in [0.05, 0.1) is 26.3 Å². The average molecular weight is 363 g/mol. The second-order valence-electron chi connectivity index (χ2n) is 7.53. The standard InChI is InChI=1S/C19H29N3O4/c1-12(13-7-8-15(25-5)16(9-13)26-6)20-18(24)21-14-10-17(23)22(11-14)19(2,3)4/h7-9,12,14H,10-11H2,1-6H3,(H2,20,21,24). The fraction of sp³-hybridized carbons (Fsp3) is 0.579. The van der Waals surface area contributed by atoms with Crippen LogP contribution in [0.4, 0.5) is 4.79 Å². The van der Waals surface area contributed by atoms with E-state index in [-0.39, 0.29) is 29.6 Å². The Morgan fingerprint density at radius 3 is 2.42 bits per heavy atom. The number of carbonyl (C=O) groups excluding carboxylic acids is 2. The van der Waals surface area contributed by atoms with Crippen LogP contribution in [0.3, 0.4) is 0 Å². The molecule has 144 valence electrons. The third-order valence-electron chi connectivity index (χ3n) is 4.53. The van der Waals surface area contributed by atoms with E-state index in [0.29, 0.717) is 24.5 Å². The summed E-state index contributed by atoms with van der Waals surface area (Å²) in [6.45, 7) is 8.40. The monoisotopic (exact) mass is 363 g/mol. The lowest BCUT2D eigenvalue weighted by atomic mass is 10.1. The number of hydrogen-bond donors (Lipinski definition) is 2. The van der Waals surface area contributed by atoms with Crippen LogP contribution in [0.1, 0.15) is 45.7 Å². The zero-order chi connectivity index (χ0) is 19.5. The first-order valence-electron chi connectivity index (χ1n) is 8.75. The second kappa shape index (κ2) is 7.85. The Labute approximate surface area is 155 Å². The van der Waals surface area contributed by atoms with Gasteiger partial charge < -0.3 is 25.0 Å². The smallest absolute Gasteiger partial charge is 0.315 e. The first-order valence-corrected chi connectivity index (χ1v) is 8.75. The molecule has 0 aliphatic carbocycles.